The summed E-state index contributed by atoms with van der Waals surface area (Å²) in [5, 5.41) is 9.85. The molecule has 0 spiro atoms. The maximum Gasteiger partial charge on any atom is 0.409 e. The van der Waals surface area contributed by atoms with E-state index in [1.165, 1.54) is 11.1 Å². The summed E-state index contributed by atoms with van der Waals surface area (Å²) < 4.78 is 5.79. The van der Waals surface area contributed by atoms with Crippen molar-refractivity contribution >= 4 is 12.1 Å². The highest BCUT2D eigenvalue weighted by Crippen LogP contribution is 2.44. The molecule has 1 aliphatic carbocycles. The van der Waals surface area contributed by atoms with Gasteiger partial charge in [0, 0.05) is 24.9 Å². The number of benzene rings is 3. The minimum atomic E-state index is -0.875. The number of carboxylic acids is 1. The van der Waals surface area contributed by atoms with Crippen molar-refractivity contribution in [1.82, 2.24) is 4.90 Å². The normalized spacial score (nSPS) is 19.2. The topological polar surface area (TPSA) is 66.8 Å². The van der Waals surface area contributed by atoms with Crippen molar-refractivity contribution in [2.45, 2.75) is 25.2 Å². The van der Waals surface area contributed by atoms with Gasteiger partial charge in [-0.05, 0) is 39.8 Å². The Balaban J connectivity index is 1.33. The first-order chi connectivity index (χ1) is 16.1. The predicted molar refractivity (Wildman–Crippen MR) is 126 cm³/mol. The van der Waals surface area contributed by atoms with Crippen molar-refractivity contribution in [1.29, 1.82) is 0 Å². The van der Waals surface area contributed by atoms with E-state index in [0.29, 0.717) is 6.54 Å². The van der Waals surface area contributed by atoms with Gasteiger partial charge in [0.15, 0.2) is 0 Å². The van der Waals surface area contributed by atoms with Gasteiger partial charge in [0.05, 0.1) is 5.92 Å². The van der Waals surface area contributed by atoms with E-state index >= 15 is 0 Å². The number of hydrogen-bond acceptors (Lipinski definition) is 3. The number of ether oxygens (including phenoxy) is 1. The fourth-order valence-corrected chi connectivity index (χ4v) is 5.42. The molecule has 5 nitrogen and oxygen atoms in total. The lowest BCUT2D eigenvalue weighted by Crippen LogP contribution is -2.31. The molecule has 1 amide bonds. The van der Waals surface area contributed by atoms with Gasteiger partial charge in [-0.3, -0.25) is 4.79 Å². The first kappa shape index (κ1) is 21.3. The lowest BCUT2D eigenvalue weighted by atomic mass is 9.85. The molecule has 1 aliphatic heterocycles. The Morgan fingerprint density at radius 3 is 2.06 bits per heavy atom. The second kappa shape index (κ2) is 8.74. The third kappa shape index (κ3) is 3.78. The maximum absolute atomic E-state index is 13.0. The maximum atomic E-state index is 13.0. The smallest absolute Gasteiger partial charge is 0.409 e. The molecule has 2 atom stereocenters. The summed E-state index contributed by atoms with van der Waals surface area (Å²) in [4.78, 5) is 26.6. The van der Waals surface area contributed by atoms with Gasteiger partial charge in [0.25, 0.3) is 0 Å². The number of carboxylic acid groups (broad SMARTS) is 1. The number of carbonyl (C=O) groups is 2. The highest BCUT2D eigenvalue weighted by molar-refractivity contribution is 5.79. The molecule has 0 unspecified atom stereocenters. The molecule has 168 valence electrons. The molecule has 1 fully saturated rings. The van der Waals surface area contributed by atoms with Crippen molar-refractivity contribution in [3.8, 4) is 11.1 Å². The van der Waals surface area contributed by atoms with Crippen LogP contribution in [-0.4, -0.2) is 41.8 Å². The summed E-state index contributed by atoms with van der Waals surface area (Å²) >= 11 is 0. The quantitative estimate of drug-likeness (QED) is 0.584. The lowest BCUT2D eigenvalue weighted by Gasteiger charge is -2.20. The summed E-state index contributed by atoms with van der Waals surface area (Å²) in [5.74, 6) is -1.77. The summed E-state index contributed by atoms with van der Waals surface area (Å²) in [6.07, 6.45) is 0.379. The van der Waals surface area contributed by atoms with E-state index in [1.54, 1.807) is 4.90 Å². The lowest BCUT2D eigenvalue weighted by molar-refractivity contribution is -0.141. The molecule has 1 saturated heterocycles. The molecule has 3 aromatic rings. The second-order valence-electron chi connectivity index (χ2n) is 8.81. The van der Waals surface area contributed by atoms with E-state index in [2.05, 4.69) is 31.2 Å². The van der Waals surface area contributed by atoms with Crippen LogP contribution in [-0.2, 0) is 16.0 Å². The predicted octanol–water partition coefficient (Wildman–Crippen LogP) is 5.30. The number of likely N-dealkylation sites (tertiary alicyclic amines) is 1. The zero-order valence-electron chi connectivity index (χ0n) is 18.6. The van der Waals surface area contributed by atoms with Crippen LogP contribution in [0.3, 0.4) is 0 Å². The van der Waals surface area contributed by atoms with E-state index in [9.17, 15) is 14.7 Å². The Morgan fingerprint density at radius 1 is 0.879 bits per heavy atom. The molecule has 2 aliphatic rings. The van der Waals surface area contributed by atoms with E-state index in [-0.39, 0.29) is 25.0 Å². The van der Waals surface area contributed by atoms with Crippen LogP contribution in [0.4, 0.5) is 4.79 Å². The standard InChI is InChI=1S/C28H27NO4/c1-2-18-9-3-4-10-19(18)24-15-29(16-25(24)27(30)31)28(32)33-17-26-22-13-7-5-11-20(22)21-12-6-8-14-23(21)26/h3-14,24-26H,2,15-17H2,1H3,(H,30,31)/t24-,25+/m0/s1. The van der Waals surface area contributed by atoms with Crippen molar-refractivity contribution in [3.63, 3.8) is 0 Å². The highest BCUT2D eigenvalue weighted by Gasteiger charge is 2.42. The van der Waals surface area contributed by atoms with Gasteiger partial charge in [-0.25, -0.2) is 4.79 Å². The zero-order valence-corrected chi connectivity index (χ0v) is 18.6. The van der Waals surface area contributed by atoms with Gasteiger partial charge < -0.3 is 14.7 Å². The van der Waals surface area contributed by atoms with Crippen LogP contribution in [0.15, 0.2) is 72.8 Å². The van der Waals surface area contributed by atoms with Crippen LogP contribution in [0.1, 0.15) is 41.0 Å². The van der Waals surface area contributed by atoms with Crippen LogP contribution in [0.2, 0.25) is 0 Å². The fourth-order valence-electron chi connectivity index (χ4n) is 5.42. The summed E-state index contributed by atoms with van der Waals surface area (Å²) in [6.45, 7) is 2.81. The minimum absolute atomic E-state index is 0.0177. The molecule has 5 rings (SSSR count). The Kier molecular flexibility index (Phi) is 5.63. The molecule has 1 N–H and O–H groups in total. The zero-order chi connectivity index (χ0) is 22.9. The fraction of sp³-hybridized carbons (Fsp3) is 0.286. The molecule has 3 aromatic carbocycles. The Bertz CT molecular complexity index is 1160. The Labute approximate surface area is 193 Å². The molecule has 0 radical (unpaired) electrons. The van der Waals surface area contributed by atoms with E-state index in [1.807, 2.05) is 48.5 Å². The molecule has 0 saturated carbocycles. The highest BCUT2D eigenvalue weighted by atomic mass is 16.6. The van der Waals surface area contributed by atoms with Gasteiger partial charge in [0.1, 0.15) is 6.61 Å². The Hall–Kier alpha value is -3.60. The van der Waals surface area contributed by atoms with E-state index in [0.717, 1.165) is 28.7 Å². The van der Waals surface area contributed by atoms with Gasteiger partial charge in [-0.2, -0.15) is 0 Å². The SMILES string of the molecule is CCc1ccccc1[C@@H]1CN(C(=O)OCC2c3ccccc3-c3ccccc32)C[C@H]1C(=O)O. The van der Waals surface area contributed by atoms with E-state index < -0.39 is 18.0 Å². The Morgan fingerprint density at radius 2 is 1.45 bits per heavy atom. The number of nitrogens with zero attached hydrogens (tertiary/aromatic N) is 1. The molecule has 5 heteroatoms. The van der Waals surface area contributed by atoms with Crippen LogP contribution >= 0.6 is 0 Å². The minimum Gasteiger partial charge on any atom is -0.481 e. The molecule has 0 aromatic heterocycles. The summed E-state index contributed by atoms with van der Waals surface area (Å²) in [5.41, 5.74) is 6.82. The number of fused-ring (bicyclic) bond motifs is 3. The van der Waals surface area contributed by atoms with Gasteiger partial charge in [-0.15, -0.1) is 0 Å². The number of carbonyl (C=O) groups excluding carboxylic acids is 1. The van der Waals surface area contributed by atoms with Crippen molar-refractivity contribution in [2.75, 3.05) is 19.7 Å². The third-order valence-electron chi connectivity index (χ3n) is 7.07. The van der Waals surface area contributed by atoms with Crippen LogP contribution in [0, 0.1) is 5.92 Å². The summed E-state index contributed by atoms with van der Waals surface area (Å²) in [6, 6.07) is 24.4. The van der Waals surface area contributed by atoms with Crippen LogP contribution in [0.5, 0.6) is 0 Å². The van der Waals surface area contributed by atoms with Crippen LogP contribution < -0.4 is 0 Å². The van der Waals surface area contributed by atoms with Crippen molar-refractivity contribution in [3.05, 3.63) is 95.1 Å². The number of amides is 1. The number of hydrogen-bond donors (Lipinski definition) is 1. The molecular weight excluding hydrogens is 414 g/mol. The largest absolute Gasteiger partial charge is 0.481 e. The number of rotatable bonds is 5. The van der Waals surface area contributed by atoms with Gasteiger partial charge >= 0.3 is 12.1 Å². The van der Waals surface area contributed by atoms with Gasteiger partial charge in [0.2, 0.25) is 0 Å². The van der Waals surface area contributed by atoms with E-state index in [4.69, 9.17) is 4.74 Å². The number of aryl methyl sites for hydroxylation is 1. The summed E-state index contributed by atoms with van der Waals surface area (Å²) in [7, 11) is 0. The monoisotopic (exact) mass is 441 g/mol. The van der Waals surface area contributed by atoms with Crippen molar-refractivity contribution in [2.24, 2.45) is 5.92 Å². The molecular formula is C28H27NO4. The molecule has 33 heavy (non-hydrogen) atoms. The third-order valence-corrected chi connectivity index (χ3v) is 7.07. The average Bonchev–Trinajstić information content (AvgIpc) is 3.43. The molecule has 1 heterocycles. The van der Waals surface area contributed by atoms with Gasteiger partial charge in [-0.1, -0.05) is 79.7 Å². The molecule has 0 bridgehead atoms. The first-order valence-electron chi connectivity index (χ1n) is 11.5. The first-order valence-corrected chi connectivity index (χ1v) is 11.5. The average molecular weight is 442 g/mol. The second-order valence-corrected chi connectivity index (χ2v) is 8.81. The van der Waals surface area contributed by atoms with Crippen LogP contribution in [0.25, 0.3) is 11.1 Å². The number of aliphatic carboxylic acids is 1. The van der Waals surface area contributed by atoms with Crippen molar-refractivity contribution < 1.29 is 19.4 Å².